The Morgan fingerprint density at radius 1 is 0.667 bits per heavy atom. The van der Waals surface area contributed by atoms with Crippen molar-refractivity contribution in [1.29, 1.82) is 0 Å². The summed E-state index contributed by atoms with van der Waals surface area (Å²) in [6.07, 6.45) is 19.9. The Bertz CT molecular complexity index is 1360. The molecule has 2 aromatic carbocycles. The number of anilines is 1. The first-order chi connectivity index (χ1) is 20.4. The van der Waals surface area contributed by atoms with E-state index in [-0.39, 0.29) is 5.75 Å². The number of rotatable bonds is 19. The SMILES string of the molecule is CCCCCCCCN(CCCCCCCC)c1ccc2cc(C#Cc3cc[n+](CCCS(=O)(=O)[O-])cc3)ccc2c1. The molecule has 0 unspecified atom stereocenters. The maximum Gasteiger partial charge on any atom is 0.170 e. The number of hydrogen-bond donors (Lipinski definition) is 0. The molecule has 0 radical (unpaired) electrons. The van der Waals surface area contributed by atoms with Gasteiger partial charge in [-0.2, -0.15) is 0 Å². The fourth-order valence-electron chi connectivity index (χ4n) is 5.30. The average molecular weight is 591 g/mol. The van der Waals surface area contributed by atoms with E-state index in [0.717, 1.165) is 24.2 Å². The Kier molecular flexibility index (Phi) is 14.9. The van der Waals surface area contributed by atoms with Gasteiger partial charge in [0.1, 0.15) is 6.54 Å². The van der Waals surface area contributed by atoms with Crippen molar-refractivity contribution in [3.05, 3.63) is 72.1 Å². The Hall–Kier alpha value is -2.88. The molecule has 1 heterocycles. The van der Waals surface area contributed by atoms with Gasteiger partial charge in [0.25, 0.3) is 0 Å². The van der Waals surface area contributed by atoms with E-state index in [1.54, 1.807) is 0 Å². The molecule has 228 valence electrons. The van der Waals surface area contributed by atoms with Crippen LogP contribution in [0.5, 0.6) is 0 Å². The van der Waals surface area contributed by atoms with Crippen LogP contribution >= 0.6 is 0 Å². The second-order valence-electron chi connectivity index (χ2n) is 11.5. The van der Waals surface area contributed by atoms with Crippen LogP contribution in [0.1, 0.15) is 108 Å². The van der Waals surface area contributed by atoms with Crippen LogP contribution in [0.25, 0.3) is 10.8 Å². The van der Waals surface area contributed by atoms with Crippen molar-refractivity contribution < 1.29 is 17.5 Å². The molecule has 1 aromatic heterocycles. The number of aryl methyl sites for hydroxylation is 1. The molecule has 0 aliphatic carbocycles. The lowest BCUT2D eigenvalue weighted by atomic mass is 10.0. The van der Waals surface area contributed by atoms with E-state index in [9.17, 15) is 13.0 Å². The minimum atomic E-state index is -4.17. The molecule has 6 heteroatoms. The van der Waals surface area contributed by atoms with Crippen molar-refractivity contribution in [2.24, 2.45) is 0 Å². The molecule has 3 rings (SSSR count). The molecule has 0 saturated heterocycles. The van der Waals surface area contributed by atoms with Crippen LogP contribution < -0.4 is 9.47 Å². The van der Waals surface area contributed by atoms with Gasteiger partial charge in [-0.15, -0.1) is 0 Å². The van der Waals surface area contributed by atoms with Gasteiger partial charge in [-0.1, -0.05) is 102 Å². The van der Waals surface area contributed by atoms with Gasteiger partial charge in [0, 0.05) is 54.2 Å². The highest BCUT2D eigenvalue weighted by Gasteiger charge is 2.08. The first-order valence-electron chi connectivity index (χ1n) is 16.1. The van der Waals surface area contributed by atoms with Gasteiger partial charge in [-0.3, -0.25) is 0 Å². The van der Waals surface area contributed by atoms with Crippen molar-refractivity contribution in [3.8, 4) is 11.8 Å². The van der Waals surface area contributed by atoms with Crippen LogP contribution in [-0.2, 0) is 16.7 Å². The number of fused-ring (bicyclic) bond motifs is 1. The molecule has 3 aromatic rings. The zero-order valence-corrected chi connectivity index (χ0v) is 26.6. The molecule has 0 atom stereocenters. The predicted molar refractivity (Wildman–Crippen MR) is 175 cm³/mol. The number of pyridine rings is 1. The summed E-state index contributed by atoms with van der Waals surface area (Å²) in [4.78, 5) is 2.61. The van der Waals surface area contributed by atoms with Crippen LogP contribution in [0.4, 0.5) is 5.69 Å². The Balaban J connectivity index is 1.62. The number of nitrogens with zero attached hydrogens (tertiary/aromatic N) is 2. The molecule has 0 aliphatic rings. The normalized spacial score (nSPS) is 11.4. The summed E-state index contributed by atoms with van der Waals surface area (Å²) in [6, 6.07) is 17.1. The fourth-order valence-corrected chi connectivity index (χ4v) is 5.78. The van der Waals surface area contributed by atoms with Crippen LogP contribution in [-0.4, -0.2) is 31.8 Å². The van der Waals surface area contributed by atoms with E-state index in [4.69, 9.17) is 0 Å². The average Bonchev–Trinajstić information content (AvgIpc) is 2.98. The molecular formula is C36H50N2O3S. The quantitative estimate of drug-likeness (QED) is 0.0614. The van der Waals surface area contributed by atoms with E-state index in [1.165, 1.54) is 93.5 Å². The van der Waals surface area contributed by atoms with Crippen LogP contribution in [0.2, 0.25) is 0 Å². The van der Waals surface area contributed by atoms with Crippen LogP contribution in [0.3, 0.4) is 0 Å². The molecule has 5 nitrogen and oxygen atoms in total. The van der Waals surface area contributed by atoms with E-state index < -0.39 is 10.1 Å². The molecular weight excluding hydrogens is 540 g/mol. The monoisotopic (exact) mass is 590 g/mol. The lowest BCUT2D eigenvalue weighted by molar-refractivity contribution is -0.696. The van der Waals surface area contributed by atoms with E-state index in [2.05, 4.69) is 67.0 Å². The fraction of sp³-hybridized carbons (Fsp3) is 0.528. The topological polar surface area (TPSA) is 64.3 Å². The van der Waals surface area contributed by atoms with Gasteiger partial charge in [0.15, 0.2) is 12.4 Å². The lowest BCUT2D eigenvalue weighted by Crippen LogP contribution is -2.33. The van der Waals surface area contributed by atoms with Crippen molar-refractivity contribution >= 4 is 26.6 Å². The Morgan fingerprint density at radius 2 is 1.21 bits per heavy atom. The summed E-state index contributed by atoms with van der Waals surface area (Å²) in [7, 11) is -4.17. The Morgan fingerprint density at radius 3 is 1.83 bits per heavy atom. The third-order valence-electron chi connectivity index (χ3n) is 7.81. The molecule has 0 spiro atoms. The molecule has 0 aliphatic heterocycles. The number of benzene rings is 2. The first kappa shape index (κ1) is 33.6. The standard InChI is InChI=1S/C36H50N2O3S/c1-3-5-7-9-11-13-25-38(26-14-12-10-8-6-4-2)36-21-20-34-30-33(18-19-35(34)31-36)17-16-32-22-27-37(28-23-32)24-15-29-42(39,40)41/h18-23,27-28,30-31H,3-15,24-26,29H2,1-2H3. The molecule has 0 N–H and O–H groups in total. The molecule has 0 amide bonds. The smallest absolute Gasteiger partial charge is 0.170 e. The van der Waals surface area contributed by atoms with Gasteiger partial charge in [0.05, 0.1) is 10.1 Å². The molecule has 42 heavy (non-hydrogen) atoms. The number of aromatic nitrogens is 1. The lowest BCUT2D eigenvalue weighted by Gasteiger charge is -2.25. The maximum atomic E-state index is 10.8. The van der Waals surface area contributed by atoms with Gasteiger partial charge >= 0.3 is 0 Å². The summed E-state index contributed by atoms with van der Waals surface area (Å²) >= 11 is 0. The third kappa shape index (κ3) is 13.0. The summed E-state index contributed by atoms with van der Waals surface area (Å²) in [5.41, 5.74) is 3.19. The van der Waals surface area contributed by atoms with Crippen LogP contribution in [0, 0.1) is 11.8 Å². The van der Waals surface area contributed by atoms with Crippen molar-refractivity contribution in [2.45, 2.75) is 104 Å². The van der Waals surface area contributed by atoms with Gasteiger partial charge in [-0.05, 0) is 47.9 Å². The maximum absolute atomic E-state index is 10.8. The van der Waals surface area contributed by atoms with E-state index >= 15 is 0 Å². The van der Waals surface area contributed by atoms with Crippen molar-refractivity contribution in [3.63, 3.8) is 0 Å². The second-order valence-corrected chi connectivity index (χ2v) is 13.0. The second kappa shape index (κ2) is 18.6. The van der Waals surface area contributed by atoms with E-state index in [0.29, 0.717) is 13.0 Å². The van der Waals surface area contributed by atoms with Gasteiger partial charge in [0.2, 0.25) is 0 Å². The molecule has 0 saturated carbocycles. The number of unbranched alkanes of at least 4 members (excludes halogenated alkanes) is 10. The summed E-state index contributed by atoms with van der Waals surface area (Å²) < 4.78 is 34.2. The molecule has 0 fully saturated rings. The predicted octanol–water partition coefficient (Wildman–Crippen LogP) is 7.99. The minimum absolute atomic E-state index is 0.302. The highest BCUT2D eigenvalue weighted by Crippen LogP contribution is 2.24. The third-order valence-corrected chi connectivity index (χ3v) is 8.59. The minimum Gasteiger partial charge on any atom is -0.748 e. The van der Waals surface area contributed by atoms with Crippen molar-refractivity contribution in [1.82, 2.24) is 0 Å². The Labute approximate surface area is 255 Å². The first-order valence-corrected chi connectivity index (χ1v) is 17.7. The van der Waals surface area contributed by atoms with Gasteiger partial charge in [-0.25, -0.2) is 13.0 Å². The highest BCUT2D eigenvalue weighted by molar-refractivity contribution is 7.85. The van der Waals surface area contributed by atoms with Crippen molar-refractivity contribution in [2.75, 3.05) is 23.7 Å². The zero-order chi connectivity index (χ0) is 30.0. The largest absolute Gasteiger partial charge is 0.748 e. The summed E-state index contributed by atoms with van der Waals surface area (Å²) in [5, 5.41) is 2.44. The molecule has 0 bridgehead atoms. The highest BCUT2D eigenvalue weighted by atomic mass is 32.2. The summed E-state index contributed by atoms with van der Waals surface area (Å²) in [6.45, 7) is 7.29. The zero-order valence-electron chi connectivity index (χ0n) is 25.8. The van der Waals surface area contributed by atoms with Crippen LogP contribution in [0.15, 0.2) is 60.9 Å². The summed E-state index contributed by atoms with van der Waals surface area (Å²) in [5.74, 6) is 6.16. The van der Waals surface area contributed by atoms with E-state index in [1.807, 2.05) is 29.1 Å². The number of hydrogen-bond acceptors (Lipinski definition) is 4. The van der Waals surface area contributed by atoms with Gasteiger partial charge < -0.3 is 9.45 Å².